The number of carbonyl (C=O) groups is 1. The average Bonchev–Trinajstić information content (AvgIpc) is 2.37. The van der Waals surface area contributed by atoms with E-state index in [0.29, 0.717) is 21.7 Å². The molecule has 0 amide bonds. The van der Waals surface area contributed by atoms with E-state index in [2.05, 4.69) is 4.98 Å². The zero-order valence-electron chi connectivity index (χ0n) is 10.0. The van der Waals surface area contributed by atoms with Crippen molar-refractivity contribution in [1.29, 1.82) is 0 Å². The van der Waals surface area contributed by atoms with Crippen molar-refractivity contribution in [2.75, 3.05) is 5.73 Å². The van der Waals surface area contributed by atoms with Crippen LogP contribution < -0.4 is 5.73 Å². The van der Waals surface area contributed by atoms with Gasteiger partial charge in [0.1, 0.15) is 5.82 Å². The number of carboxylic acid groups (broad SMARTS) is 1. The Kier molecular flexibility index (Phi) is 4.38. The molecule has 1 heterocycles. The van der Waals surface area contributed by atoms with E-state index in [9.17, 15) is 4.79 Å². The lowest BCUT2D eigenvalue weighted by molar-refractivity contribution is -0.136. The van der Waals surface area contributed by atoms with Crippen molar-refractivity contribution in [2.24, 2.45) is 0 Å². The Morgan fingerprint density at radius 3 is 2.55 bits per heavy atom. The second-order valence-electron chi connectivity index (χ2n) is 4.06. The maximum atomic E-state index is 10.9. The van der Waals surface area contributed by atoms with Crippen LogP contribution in [-0.4, -0.2) is 16.1 Å². The molecule has 0 saturated carbocycles. The summed E-state index contributed by atoms with van der Waals surface area (Å²) >= 11 is 18.0. The van der Waals surface area contributed by atoms with E-state index in [0.717, 1.165) is 0 Å². The molecule has 0 aliphatic carbocycles. The van der Waals surface area contributed by atoms with Gasteiger partial charge in [0, 0.05) is 17.3 Å². The van der Waals surface area contributed by atoms with Gasteiger partial charge in [-0.15, -0.1) is 0 Å². The van der Waals surface area contributed by atoms with Gasteiger partial charge in [0.25, 0.3) is 0 Å². The molecule has 0 unspecified atom stereocenters. The summed E-state index contributed by atoms with van der Waals surface area (Å²) in [5.41, 5.74) is 7.21. The highest BCUT2D eigenvalue weighted by Gasteiger charge is 2.15. The van der Waals surface area contributed by atoms with Crippen LogP contribution in [0.25, 0.3) is 11.1 Å². The second kappa shape index (κ2) is 5.87. The van der Waals surface area contributed by atoms with Gasteiger partial charge < -0.3 is 10.8 Å². The number of nitrogens with zero attached hydrogens (tertiary/aromatic N) is 1. The summed E-state index contributed by atoms with van der Waals surface area (Å²) in [4.78, 5) is 14.9. The molecule has 3 N–H and O–H groups in total. The minimum absolute atomic E-state index is 0.196. The summed E-state index contributed by atoms with van der Waals surface area (Å²) in [5.74, 6) is -0.741. The number of aromatic nitrogens is 1. The molecule has 7 heteroatoms. The molecule has 1 aromatic heterocycles. The van der Waals surface area contributed by atoms with Gasteiger partial charge in [0.05, 0.1) is 21.5 Å². The summed E-state index contributed by atoms with van der Waals surface area (Å²) in [6, 6.07) is 4.75. The standard InChI is InChI=1S/C13H9Cl3N2O2/c14-9-2-1-7(12(15)13(9)16)8-5-18-10(17)3-6(8)4-11(19)20/h1-3,5H,4H2,(H2,17,18)(H,19,20). The second-order valence-corrected chi connectivity index (χ2v) is 5.22. The van der Waals surface area contributed by atoms with E-state index < -0.39 is 5.97 Å². The van der Waals surface area contributed by atoms with E-state index >= 15 is 0 Å². The molecule has 0 aliphatic heterocycles. The number of pyridine rings is 1. The van der Waals surface area contributed by atoms with Gasteiger partial charge in [-0.3, -0.25) is 4.79 Å². The summed E-state index contributed by atoms with van der Waals surface area (Å²) in [5, 5.41) is 9.74. The minimum Gasteiger partial charge on any atom is -0.481 e. The van der Waals surface area contributed by atoms with Crippen molar-refractivity contribution in [3.63, 3.8) is 0 Å². The highest BCUT2D eigenvalue weighted by Crippen LogP contribution is 2.39. The van der Waals surface area contributed by atoms with Crippen LogP contribution in [0.2, 0.25) is 15.1 Å². The van der Waals surface area contributed by atoms with E-state index in [1.165, 1.54) is 12.3 Å². The van der Waals surface area contributed by atoms with Gasteiger partial charge in [0.15, 0.2) is 0 Å². The summed E-state index contributed by atoms with van der Waals surface area (Å²) in [7, 11) is 0. The molecular formula is C13H9Cl3N2O2. The molecule has 0 atom stereocenters. The first kappa shape index (κ1) is 14.9. The molecule has 20 heavy (non-hydrogen) atoms. The third-order valence-corrected chi connectivity index (χ3v) is 3.97. The lowest BCUT2D eigenvalue weighted by Gasteiger charge is -2.11. The summed E-state index contributed by atoms with van der Waals surface area (Å²) in [6.45, 7) is 0. The molecule has 2 aromatic rings. The molecule has 0 saturated heterocycles. The quantitative estimate of drug-likeness (QED) is 0.836. The van der Waals surface area contributed by atoms with Crippen LogP contribution in [0.5, 0.6) is 0 Å². The number of nitrogen functional groups attached to an aromatic ring is 1. The lowest BCUT2D eigenvalue weighted by atomic mass is 9.99. The average molecular weight is 332 g/mol. The number of hydrogen-bond donors (Lipinski definition) is 2. The Morgan fingerprint density at radius 2 is 1.90 bits per heavy atom. The van der Waals surface area contributed by atoms with Gasteiger partial charge in [0.2, 0.25) is 0 Å². The molecule has 2 rings (SSSR count). The Morgan fingerprint density at radius 1 is 1.20 bits per heavy atom. The van der Waals surface area contributed by atoms with Crippen LogP contribution in [-0.2, 0) is 11.2 Å². The number of carboxylic acids is 1. The maximum Gasteiger partial charge on any atom is 0.307 e. The van der Waals surface area contributed by atoms with Gasteiger partial charge in [-0.2, -0.15) is 0 Å². The Labute approximate surface area is 130 Å². The first-order valence-electron chi connectivity index (χ1n) is 5.50. The molecule has 104 valence electrons. The SMILES string of the molecule is Nc1cc(CC(=O)O)c(-c2ccc(Cl)c(Cl)c2Cl)cn1. The number of benzene rings is 1. The van der Waals surface area contributed by atoms with E-state index in [1.54, 1.807) is 12.1 Å². The van der Waals surface area contributed by atoms with Crippen molar-refractivity contribution in [3.8, 4) is 11.1 Å². The molecule has 0 aliphatic rings. The van der Waals surface area contributed by atoms with Crippen LogP contribution in [0.4, 0.5) is 5.82 Å². The van der Waals surface area contributed by atoms with Gasteiger partial charge >= 0.3 is 5.97 Å². The molecule has 0 radical (unpaired) electrons. The largest absolute Gasteiger partial charge is 0.481 e. The fourth-order valence-corrected chi connectivity index (χ4v) is 2.44. The number of anilines is 1. The Hall–Kier alpha value is -1.49. The van der Waals surface area contributed by atoms with Gasteiger partial charge in [-0.05, 0) is 17.7 Å². The molecular weight excluding hydrogens is 323 g/mol. The van der Waals surface area contributed by atoms with Crippen LogP contribution in [0.1, 0.15) is 5.56 Å². The van der Waals surface area contributed by atoms with Crippen molar-refractivity contribution in [2.45, 2.75) is 6.42 Å². The smallest absolute Gasteiger partial charge is 0.307 e. The lowest BCUT2D eigenvalue weighted by Crippen LogP contribution is -2.04. The maximum absolute atomic E-state index is 10.9. The third kappa shape index (κ3) is 2.98. The molecule has 0 fully saturated rings. The number of rotatable bonds is 3. The topological polar surface area (TPSA) is 76.2 Å². The molecule has 4 nitrogen and oxygen atoms in total. The number of aliphatic carboxylic acids is 1. The van der Waals surface area contributed by atoms with Crippen molar-refractivity contribution >= 4 is 46.6 Å². The van der Waals surface area contributed by atoms with Gasteiger partial charge in [-0.1, -0.05) is 40.9 Å². The number of halogens is 3. The van der Waals surface area contributed by atoms with E-state index in [4.69, 9.17) is 45.6 Å². The molecule has 0 bridgehead atoms. The first-order valence-corrected chi connectivity index (χ1v) is 6.63. The molecule has 1 aromatic carbocycles. The number of hydrogen-bond acceptors (Lipinski definition) is 3. The third-order valence-electron chi connectivity index (χ3n) is 2.68. The van der Waals surface area contributed by atoms with Crippen molar-refractivity contribution in [3.05, 3.63) is 45.0 Å². The van der Waals surface area contributed by atoms with Crippen LogP contribution in [0.15, 0.2) is 24.4 Å². The van der Waals surface area contributed by atoms with Gasteiger partial charge in [-0.25, -0.2) is 4.98 Å². The summed E-state index contributed by atoms with van der Waals surface area (Å²) < 4.78 is 0. The Bertz CT molecular complexity index is 690. The molecule has 0 spiro atoms. The predicted octanol–water partition coefficient (Wildman–Crippen LogP) is 3.92. The first-order chi connectivity index (χ1) is 9.40. The minimum atomic E-state index is -0.979. The Balaban J connectivity index is 2.63. The van der Waals surface area contributed by atoms with E-state index in [1.807, 2.05) is 0 Å². The van der Waals surface area contributed by atoms with Crippen molar-refractivity contribution in [1.82, 2.24) is 4.98 Å². The fraction of sp³-hybridized carbons (Fsp3) is 0.0769. The zero-order valence-corrected chi connectivity index (χ0v) is 12.3. The van der Waals surface area contributed by atoms with Crippen LogP contribution in [0, 0.1) is 0 Å². The normalized spacial score (nSPS) is 10.6. The fourth-order valence-electron chi connectivity index (χ4n) is 1.80. The van der Waals surface area contributed by atoms with E-state index in [-0.39, 0.29) is 22.3 Å². The monoisotopic (exact) mass is 330 g/mol. The number of nitrogens with two attached hydrogens (primary N) is 1. The van der Waals surface area contributed by atoms with Crippen LogP contribution >= 0.6 is 34.8 Å². The summed E-state index contributed by atoms with van der Waals surface area (Å²) in [6.07, 6.45) is 1.28. The van der Waals surface area contributed by atoms with Crippen LogP contribution in [0.3, 0.4) is 0 Å². The predicted molar refractivity (Wildman–Crippen MR) is 80.5 cm³/mol. The highest BCUT2D eigenvalue weighted by atomic mass is 35.5. The highest BCUT2D eigenvalue weighted by molar-refractivity contribution is 6.49. The zero-order chi connectivity index (χ0) is 14.9. The van der Waals surface area contributed by atoms with Crippen molar-refractivity contribution < 1.29 is 9.90 Å².